The molecule has 0 rings (SSSR count). The fourth-order valence-electron chi connectivity index (χ4n) is 1.16. The first-order valence-electron chi connectivity index (χ1n) is 6.03. The molecule has 4 nitrogen and oxygen atoms in total. The van der Waals surface area contributed by atoms with Gasteiger partial charge in [-0.3, -0.25) is 9.00 Å². The Bertz CT molecular complexity index is 188. The number of hydrogen-bond acceptors (Lipinski definition) is 3. The Morgan fingerprint density at radius 1 is 1.19 bits per heavy atom. The molecule has 0 aliphatic carbocycles. The lowest BCUT2D eigenvalue weighted by Gasteiger charge is -2.04. The average Bonchev–Trinajstić information content (AvgIpc) is 2.27. The molecule has 0 aromatic carbocycles. The summed E-state index contributed by atoms with van der Waals surface area (Å²) in [5.41, 5.74) is 0. The van der Waals surface area contributed by atoms with Gasteiger partial charge in [0, 0.05) is 41.8 Å². The Labute approximate surface area is 101 Å². The van der Waals surface area contributed by atoms with Crippen molar-refractivity contribution >= 4 is 16.7 Å². The summed E-state index contributed by atoms with van der Waals surface area (Å²) < 4.78 is 11.4. The number of rotatable bonds is 10. The van der Waals surface area contributed by atoms with Crippen molar-refractivity contribution in [3.8, 4) is 0 Å². The van der Waals surface area contributed by atoms with Gasteiger partial charge in [0.05, 0.1) is 0 Å². The van der Waals surface area contributed by atoms with Gasteiger partial charge in [0.15, 0.2) is 0 Å². The van der Waals surface area contributed by atoms with Crippen LogP contribution in [-0.2, 0) is 15.6 Å². The minimum atomic E-state index is -0.873. The van der Waals surface area contributed by atoms with Crippen LogP contribution in [-0.4, -0.2) is 41.3 Å². The van der Waals surface area contributed by atoms with E-state index in [1.807, 2.05) is 6.92 Å². The summed E-state index contributed by atoms with van der Waals surface area (Å²) in [7, 11) is -0.873. The highest BCUT2D eigenvalue weighted by atomic mass is 32.2. The molecule has 0 aliphatic rings. The number of unbranched alkanes of at least 4 members (excludes halogenated alkanes) is 1. The van der Waals surface area contributed by atoms with Crippen molar-refractivity contribution in [1.82, 2.24) is 10.6 Å². The Hall–Kier alpha value is -0.420. The second-order valence-electron chi connectivity index (χ2n) is 3.66. The van der Waals surface area contributed by atoms with Gasteiger partial charge in [-0.1, -0.05) is 20.3 Å². The molecule has 0 bridgehead atoms. The molecule has 1 unspecified atom stereocenters. The quantitative estimate of drug-likeness (QED) is 0.558. The molecule has 16 heavy (non-hydrogen) atoms. The van der Waals surface area contributed by atoms with Crippen LogP contribution in [0.2, 0.25) is 0 Å². The number of amides is 1. The van der Waals surface area contributed by atoms with Crippen molar-refractivity contribution < 1.29 is 9.00 Å². The predicted octanol–water partition coefficient (Wildman–Crippen LogP) is 0.651. The van der Waals surface area contributed by atoms with Crippen LogP contribution in [0.3, 0.4) is 0 Å². The van der Waals surface area contributed by atoms with Gasteiger partial charge >= 0.3 is 0 Å². The smallest absolute Gasteiger partial charge is 0.220 e. The Balaban J connectivity index is 3.40. The Kier molecular flexibility index (Phi) is 10.8. The van der Waals surface area contributed by atoms with E-state index >= 15 is 0 Å². The second-order valence-corrected chi connectivity index (χ2v) is 5.35. The van der Waals surface area contributed by atoms with E-state index in [0.29, 0.717) is 17.9 Å². The summed E-state index contributed by atoms with van der Waals surface area (Å²) in [5, 5.41) is 5.93. The average molecular weight is 248 g/mol. The summed E-state index contributed by atoms with van der Waals surface area (Å²) in [6, 6.07) is 0. The monoisotopic (exact) mass is 248 g/mol. The van der Waals surface area contributed by atoms with Gasteiger partial charge in [-0.15, -0.1) is 0 Å². The minimum Gasteiger partial charge on any atom is -0.356 e. The van der Waals surface area contributed by atoms with Crippen LogP contribution in [0.1, 0.15) is 33.1 Å². The molecule has 0 aromatic heterocycles. The molecule has 0 heterocycles. The zero-order chi connectivity index (χ0) is 12.2. The Morgan fingerprint density at radius 3 is 2.56 bits per heavy atom. The first-order chi connectivity index (χ1) is 7.70. The SMILES string of the molecule is CCCCNC(=O)CCS(=O)CCNCC. The highest BCUT2D eigenvalue weighted by Crippen LogP contribution is 1.89. The van der Waals surface area contributed by atoms with Crippen LogP contribution in [0.4, 0.5) is 0 Å². The molecular formula is C11H24N2O2S. The number of carbonyl (C=O) groups excluding carboxylic acids is 1. The number of carbonyl (C=O) groups is 1. The molecule has 0 spiro atoms. The van der Waals surface area contributed by atoms with Gasteiger partial charge in [-0.25, -0.2) is 0 Å². The molecule has 0 aromatic rings. The van der Waals surface area contributed by atoms with Crippen LogP contribution >= 0.6 is 0 Å². The summed E-state index contributed by atoms with van der Waals surface area (Å²) >= 11 is 0. The number of nitrogens with one attached hydrogen (secondary N) is 2. The summed E-state index contributed by atoms with van der Waals surface area (Å²) in [6.45, 7) is 6.50. The van der Waals surface area contributed by atoms with E-state index in [1.165, 1.54) is 0 Å². The normalized spacial score (nSPS) is 12.4. The third-order valence-corrected chi connectivity index (χ3v) is 3.48. The van der Waals surface area contributed by atoms with Gasteiger partial charge in [0.25, 0.3) is 0 Å². The van der Waals surface area contributed by atoms with Crippen molar-refractivity contribution in [1.29, 1.82) is 0 Å². The molecular weight excluding hydrogens is 224 g/mol. The van der Waals surface area contributed by atoms with Gasteiger partial charge < -0.3 is 10.6 Å². The zero-order valence-electron chi connectivity index (χ0n) is 10.4. The van der Waals surface area contributed by atoms with Crippen molar-refractivity contribution in [2.45, 2.75) is 33.1 Å². The fraction of sp³-hybridized carbons (Fsp3) is 0.909. The van der Waals surface area contributed by atoms with Crippen LogP contribution in [0.15, 0.2) is 0 Å². The van der Waals surface area contributed by atoms with Crippen molar-refractivity contribution in [3.63, 3.8) is 0 Å². The van der Waals surface area contributed by atoms with Crippen LogP contribution in [0.25, 0.3) is 0 Å². The van der Waals surface area contributed by atoms with Crippen LogP contribution < -0.4 is 10.6 Å². The summed E-state index contributed by atoms with van der Waals surface area (Å²) in [6.07, 6.45) is 2.46. The van der Waals surface area contributed by atoms with Gasteiger partial charge in [-0.05, 0) is 13.0 Å². The van der Waals surface area contributed by atoms with Crippen molar-refractivity contribution in [2.24, 2.45) is 0 Å². The first kappa shape index (κ1) is 15.6. The van der Waals surface area contributed by atoms with E-state index in [2.05, 4.69) is 17.6 Å². The maximum absolute atomic E-state index is 11.4. The molecule has 96 valence electrons. The molecule has 1 amide bonds. The standard InChI is InChI=1S/C11H24N2O2S/c1-3-5-7-13-11(14)6-9-16(15)10-8-12-4-2/h12H,3-10H2,1-2H3,(H,13,14). The molecule has 2 N–H and O–H groups in total. The summed E-state index contributed by atoms with van der Waals surface area (Å²) in [5.74, 6) is 1.13. The zero-order valence-corrected chi connectivity index (χ0v) is 11.2. The molecule has 0 fully saturated rings. The van der Waals surface area contributed by atoms with Crippen molar-refractivity contribution in [3.05, 3.63) is 0 Å². The molecule has 0 aliphatic heterocycles. The third kappa shape index (κ3) is 10.1. The molecule has 0 radical (unpaired) electrons. The number of hydrogen-bond donors (Lipinski definition) is 2. The maximum atomic E-state index is 11.4. The lowest BCUT2D eigenvalue weighted by molar-refractivity contribution is -0.120. The summed E-state index contributed by atoms with van der Waals surface area (Å²) in [4.78, 5) is 11.3. The van der Waals surface area contributed by atoms with E-state index in [0.717, 1.165) is 32.5 Å². The first-order valence-corrected chi connectivity index (χ1v) is 7.51. The van der Waals surface area contributed by atoms with E-state index in [1.54, 1.807) is 0 Å². The molecule has 0 saturated carbocycles. The lowest BCUT2D eigenvalue weighted by atomic mass is 10.3. The van der Waals surface area contributed by atoms with Crippen LogP contribution in [0.5, 0.6) is 0 Å². The van der Waals surface area contributed by atoms with E-state index in [9.17, 15) is 9.00 Å². The predicted molar refractivity (Wildman–Crippen MR) is 69.0 cm³/mol. The van der Waals surface area contributed by atoms with Gasteiger partial charge in [0.2, 0.25) is 5.91 Å². The molecule has 0 saturated heterocycles. The Morgan fingerprint density at radius 2 is 1.94 bits per heavy atom. The van der Waals surface area contributed by atoms with E-state index < -0.39 is 10.8 Å². The molecule has 1 atom stereocenters. The van der Waals surface area contributed by atoms with E-state index in [4.69, 9.17) is 0 Å². The largest absolute Gasteiger partial charge is 0.356 e. The maximum Gasteiger partial charge on any atom is 0.220 e. The van der Waals surface area contributed by atoms with Gasteiger partial charge in [0.1, 0.15) is 0 Å². The second kappa shape index (κ2) is 11.1. The highest BCUT2D eigenvalue weighted by Gasteiger charge is 2.04. The minimum absolute atomic E-state index is 0.0188. The molecule has 5 heteroatoms. The highest BCUT2D eigenvalue weighted by molar-refractivity contribution is 7.85. The lowest BCUT2D eigenvalue weighted by Crippen LogP contribution is -2.27. The third-order valence-electron chi connectivity index (χ3n) is 2.17. The van der Waals surface area contributed by atoms with Crippen LogP contribution in [0, 0.1) is 0 Å². The fourth-order valence-corrected chi connectivity index (χ4v) is 2.15. The van der Waals surface area contributed by atoms with Crippen molar-refractivity contribution in [2.75, 3.05) is 31.1 Å². The van der Waals surface area contributed by atoms with E-state index in [-0.39, 0.29) is 5.91 Å². The van der Waals surface area contributed by atoms with Gasteiger partial charge in [-0.2, -0.15) is 0 Å². The topological polar surface area (TPSA) is 58.2 Å².